The molecule has 0 bridgehead atoms. The minimum Gasteiger partial charge on any atom is -0.493 e. The summed E-state index contributed by atoms with van der Waals surface area (Å²) in [5.74, 6) is 0.693. The minimum atomic E-state index is -0.943. The quantitative estimate of drug-likeness (QED) is 0.836. The van der Waals surface area contributed by atoms with Crippen LogP contribution in [0.3, 0.4) is 0 Å². The molecule has 2 aromatic rings. The van der Waals surface area contributed by atoms with E-state index in [1.165, 1.54) is 7.11 Å². The Morgan fingerprint density at radius 1 is 1.29 bits per heavy atom. The molecule has 1 N–H and O–H groups in total. The molecule has 1 aromatic heterocycles. The Morgan fingerprint density at radius 3 is 2.52 bits per heavy atom. The summed E-state index contributed by atoms with van der Waals surface area (Å²) in [5, 5.41) is 9.08. The molecule has 7 heteroatoms. The first kappa shape index (κ1) is 15.1. The topological polar surface area (TPSA) is 82.8 Å². The van der Waals surface area contributed by atoms with Crippen molar-refractivity contribution in [2.75, 3.05) is 20.8 Å². The van der Waals surface area contributed by atoms with Crippen molar-refractivity contribution in [2.24, 2.45) is 0 Å². The van der Waals surface area contributed by atoms with Crippen LogP contribution in [0.5, 0.6) is 11.5 Å². The summed E-state index contributed by atoms with van der Waals surface area (Å²) in [6, 6.07) is 3.45. The number of aromatic nitrogens is 2. The van der Waals surface area contributed by atoms with Crippen LogP contribution in [0.15, 0.2) is 12.1 Å². The van der Waals surface area contributed by atoms with E-state index in [1.54, 1.807) is 23.8 Å². The number of aliphatic carboxylic acids is 1. The third-order valence-corrected chi connectivity index (χ3v) is 3.06. The van der Waals surface area contributed by atoms with E-state index >= 15 is 0 Å². The molecule has 0 aliphatic rings. The van der Waals surface area contributed by atoms with Gasteiger partial charge < -0.3 is 23.9 Å². The van der Waals surface area contributed by atoms with Gasteiger partial charge in [0.05, 0.1) is 25.3 Å². The molecule has 2 rings (SSSR count). The number of hydrogen-bond donors (Lipinski definition) is 1. The predicted molar refractivity (Wildman–Crippen MR) is 75.8 cm³/mol. The van der Waals surface area contributed by atoms with E-state index in [0.717, 1.165) is 0 Å². The van der Waals surface area contributed by atoms with E-state index in [-0.39, 0.29) is 13.2 Å². The fourth-order valence-corrected chi connectivity index (χ4v) is 2.12. The van der Waals surface area contributed by atoms with Crippen LogP contribution in [0.1, 0.15) is 12.7 Å². The Labute approximate surface area is 122 Å². The summed E-state index contributed by atoms with van der Waals surface area (Å²) in [7, 11) is 3.07. The summed E-state index contributed by atoms with van der Waals surface area (Å²) < 4.78 is 17.4. The van der Waals surface area contributed by atoms with E-state index in [4.69, 9.17) is 19.3 Å². The van der Waals surface area contributed by atoms with Gasteiger partial charge in [-0.2, -0.15) is 0 Å². The van der Waals surface area contributed by atoms with Crippen LogP contribution in [0.25, 0.3) is 11.0 Å². The van der Waals surface area contributed by atoms with Crippen molar-refractivity contribution in [3.05, 3.63) is 18.0 Å². The lowest BCUT2D eigenvalue weighted by molar-refractivity contribution is -0.137. The van der Waals surface area contributed by atoms with E-state index in [1.807, 2.05) is 6.92 Å². The number of carboxylic acids is 1. The molecule has 114 valence electrons. The number of carbonyl (C=O) groups is 1. The first-order valence-corrected chi connectivity index (χ1v) is 6.51. The number of rotatable bonds is 7. The molecular formula is C14H18N2O5. The van der Waals surface area contributed by atoms with Gasteiger partial charge in [-0.1, -0.05) is 0 Å². The lowest BCUT2D eigenvalue weighted by Crippen LogP contribution is -2.12. The van der Waals surface area contributed by atoms with Crippen LogP contribution < -0.4 is 9.47 Å². The minimum absolute atomic E-state index is 0.186. The molecule has 1 aromatic carbocycles. The van der Waals surface area contributed by atoms with Gasteiger partial charge in [0.25, 0.3) is 0 Å². The van der Waals surface area contributed by atoms with E-state index in [9.17, 15) is 4.79 Å². The standard InChI is InChI=1S/C14H18N2O5/c1-4-21-8-13-15-9-5-11(19-2)12(20-3)6-10(9)16(13)7-14(17)18/h5-6H,4,7-8H2,1-3H3,(H,17,18). The summed E-state index contributed by atoms with van der Waals surface area (Å²) >= 11 is 0. The fourth-order valence-electron chi connectivity index (χ4n) is 2.12. The number of carboxylic acid groups (broad SMARTS) is 1. The largest absolute Gasteiger partial charge is 0.493 e. The van der Waals surface area contributed by atoms with Gasteiger partial charge in [0.1, 0.15) is 19.0 Å². The lowest BCUT2D eigenvalue weighted by atomic mass is 10.2. The Bertz CT molecular complexity index is 650. The molecule has 0 saturated heterocycles. The van der Waals surface area contributed by atoms with Crippen molar-refractivity contribution >= 4 is 17.0 Å². The molecule has 1 heterocycles. The molecular weight excluding hydrogens is 276 g/mol. The van der Waals surface area contributed by atoms with Gasteiger partial charge in [-0.25, -0.2) is 4.98 Å². The third-order valence-electron chi connectivity index (χ3n) is 3.06. The van der Waals surface area contributed by atoms with Crippen molar-refractivity contribution in [1.82, 2.24) is 9.55 Å². The lowest BCUT2D eigenvalue weighted by Gasteiger charge is -2.09. The average Bonchev–Trinajstić information content (AvgIpc) is 2.80. The van der Waals surface area contributed by atoms with Crippen LogP contribution in [-0.2, 0) is 22.7 Å². The monoisotopic (exact) mass is 294 g/mol. The van der Waals surface area contributed by atoms with Gasteiger partial charge in [0, 0.05) is 18.7 Å². The maximum absolute atomic E-state index is 11.1. The highest BCUT2D eigenvalue weighted by atomic mass is 16.5. The summed E-state index contributed by atoms with van der Waals surface area (Å²) in [4.78, 5) is 15.5. The first-order chi connectivity index (χ1) is 10.1. The van der Waals surface area contributed by atoms with Gasteiger partial charge >= 0.3 is 5.97 Å². The Hall–Kier alpha value is -2.28. The van der Waals surface area contributed by atoms with Gasteiger partial charge in [0.2, 0.25) is 0 Å². The van der Waals surface area contributed by atoms with Crippen LogP contribution in [0.2, 0.25) is 0 Å². The van der Waals surface area contributed by atoms with Crippen molar-refractivity contribution in [3.63, 3.8) is 0 Å². The molecule has 7 nitrogen and oxygen atoms in total. The highest BCUT2D eigenvalue weighted by Crippen LogP contribution is 2.32. The maximum Gasteiger partial charge on any atom is 0.323 e. The number of benzene rings is 1. The molecule has 0 atom stereocenters. The zero-order valence-electron chi connectivity index (χ0n) is 12.3. The number of nitrogens with zero attached hydrogens (tertiary/aromatic N) is 2. The molecule has 0 unspecified atom stereocenters. The molecule has 0 aliphatic carbocycles. The summed E-state index contributed by atoms with van der Waals surface area (Å²) in [6.45, 7) is 2.47. The Kier molecular flexibility index (Phi) is 4.64. The van der Waals surface area contributed by atoms with E-state index in [2.05, 4.69) is 4.98 Å². The van der Waals surface area contributed by atoms with Crippen LogP contribution in [0.4, 0.5) is 0 Å². The third kappa shape index (κ3) is 3.08. The number of ether oxygens (including phenoxy) is 3. The normalized spacial score (nSPS) is 10.8. The van der Waals surface area contributed by atoms with E-state index < -0.39 is 5.97 Å². The predicted octanol–water partition coefficient (Wildman–Crippen LogP) is 1.67. The second-order valence-corrected chi connectivity index (χ2v) is 4.34. The molecule has 0 radical (unpaired) electrons. The number of imidazole rings is 1. The maximum atomic E-state index is 11.1. The SMILES string of the molecule is CCOCc1nc2cc(OC)c(OC)cc2n1CC(=O)O. The highest BCUT2D eigenvalue weighted by Gasteiger charge is 2.16. The fraction of sp³-hybridized carbons (Fsp3) is 0.429. The average molecular weight is 294 g/mol. The second-order valence-electron chi connectivity index (χ2n) is 4.34. The van der Waals surface area contributed by atoms with Crippen LogP contribution in [-0.4, -0.2) is 41.5 Å². The Morgan fingerprint density at radius 2 is 1.95 bits per heavy atom. The number of hydrogen-bond acceptors (Lipinski definition) is 5. The van der Waals surface area contributed by atoms with Crippen LogP contribution >= 0.6 is 0 Å². The summed E-state index contributed by atoms with van der Waals surface area (Å²) in [6.07, 6.45) is 0. The molecule has 0 amide bonds. The van der Waals surface area contributed by atoms with Crippen molar-refractivity contribution in [1.29, 1.82) is 0 Å². The highest BCUT2D eigenvalue weighted by molar-refractivity contribution is 5.82. The van der Waals surface area contributed by atoms with E-state index in [0.29, 0.717) is 35.0 Å². The summed E-state index contributed by atoms with van der Waals surface area (Å²) in [5.41, 5.74) is 1.31. The van der Waals surface area contributed by atoms with Gasteiger partial charge in [0.15, 0.2) is 11.5 Å². The Balaban J connectivity index is 2.58. The molecule has 21 heavy (non-hydrogen) atoms. The molecule has 0 saturated carbocycles. The zero-order chi connectivity index (χ0) is 15.4. The van der Waals surface area contributed by atoms with Gasteiger partial charge in [-0.15, -0.1) is 0 Å². The molecule has 0 fully saturated rings. The van der Waals surface area contributed by atoms with Gasteiger partial charge in [-0.05, 0) is 6.92 Å². The smallest absolute Gasteiger partial charge is 0.323 e. The molecule has 0 spiro atoms. The van der Waals surface area contributed by atoms with Crippen LogP contribution in [0, 0.1) is 0 Å². The number of methoxy groups -OCH3 is 2. The van der Waals surface area contributed by atoms with Gasteiger partial charge in [-0.3, -0.25) is 4.79 Å². The van der Waals surface area contributed by atoms with Crippen molar-refractivity contribution in [2.45, 2.75) is 20.1 Å². The van der Waals surface area contributed by atoms with Crippen molar-refractivity contribution in [3.8, 4) is 11.5 Å². The first-order valence-electron chi connectivity index (χ1n) is 6.51. The second kappa shape index (κ2) is 6.45. The van der Waals surface area contributed by atoms with Crippen molar-refractivity contribution < 1.29 is 24.1 Å². The number of fused-ring (bicyclic) bond motifs is 1. The molecule has 0 aliphatic heterocycles. The zero-order valence-corrected chi connectivity index (χ0v) is 12.3.